The molecule has 0 fully saturated rings. The van der Waals surface area contributed by atoms with E-state index in [9.17, 15) is 4.79 Å². The number of aromatic nitrogens is 3. The van der Waals surface area contributed by atoms with Crippen LogP contribution in [0.5, 0.6) is 5.75 Å². The summed E-state index contributed by atoms with van der Waals surface area (Å²) in [6, 6.07) is 5.20. The molecule has 2 heterocycles. The molecule has 2 rings (SSSR count). The van der Waals surface area contributed by atoms with Crippen molar-refractivity contribution in [1.29, 1.82) is 0 Å². The van der Waals surface area contributed by atoms with Crippen molar-refractivity contribution < 1.29 is 9.53 Å². The highest BCUT2D eigenvalue weighted by Gasteiger charge is 1.96. The van der Waals surface area contributed by atoms with Gasteiger partial charge in [-0.2, -0.15) is 5.10 Å². The molecule has 0 N–H and O–H groups in total. The summed E-state index contributed by atoms with van der Waals surface area (Å²) >= 11 is 0. The summed E-state index contributed by atoms with van der Waals surface area (Å²) in [6.07, 6.45) is 5.83. The van der Waals surface area contributed by atoms with Crippen LogP contribution in [0.25, 0.3) is 0 Å². The molecule has 0 spiro atoms. The number of hydrogen-bond donors (Lipinski definition) is 0. The quantitative estimate of drug-likeness (QED) is 0.705. The van der Waals surface area contributed by atoms with Crippen LogP contribution in [-0.4, -0.2) is 27.7 Å². The lowest BCUT2D eigenvalue weighted by Crippen LogP contribution is -2.08. The molecule has 0 aliphatic carbocycles. The van der Waals surface area contributed by atoms with Gasteiger partial charge in [-0.25, -0.2) is 4.98 Å². The highest BCUT2D eigenvalue weighted by Crippen LogP contribution is 2.07. The highest BCUT2D eigenvalue weighted by molar-refractivity contribution is 5.71. The van der Waals surface area contributed by atoms with Crippen LogP contribution in [0.3, 0.4) is 0 Å². The summed E-state index contributed by atoms with van der Waals surface area (Å²) in [6.45, 7) is 1.20. The second-order valence-electron chi connectivity index (χ2n) is 3.15. The maximum absolute atomic E-state index is 10.4. The molecule has 16 heavy (non-hydrogen) atoms. The minimum Gasteiger partial charge on any atom is -0.490 e. The van der Waals surface area contributed by atoms with E-state index in [2.05, 4.69) is 10.1 Å². The average molecular weight is 217 g/mol. The molecular formula is C11H11N3O2. The van der Waals surface area contributed by atoms with Gasteiger partial charge in [-0.05, 0) is 18.2 Å². The maximum atomic E-state index is 10.4. The molecule has 0 aliphatic heterocycles. The minimum absolute atomic E-state index is 0.402. The van der Waals surface area contributed by atoms with Crippen LogP contribution in [0.4, 0.5) is 0 Å². The Morgan fingerprint density at radius 1 is 1.44 bits per heavy atom. The Bertz CT molecular complexity index is 437. The summed E-state index contributed by atoms with van der Waals surface area (Å²) in [5.41, 5.74) is 0.402. The van der Waals surface area contributed by atoms with E-state index in [0.29, 0.717) is 30.9 Å². The van der Waals surface area contributed by atoms with Gasteiger partial charge in [0.2, 0.25) is 0 Å². The minimum atomic E-state index is 0.402. The molecule has 0 amide bonds. The van der Waals surface area contributed by atoms with Crippen LogP contribution < -0.4 is 4.74 Å². The van der Waals surface area contributed by atoms with Crippen LogP contribution in [0.2, 0.25) is 0 Å². The molecule has 2 aromatic heterocycles. The summed E-state index contributed by atoms with van der Waals surface area (Å²) in [7, 11) is 0. The molecule has 0 radical (unpaired) electrons. The Morgan fingerprint density at radius 2 is 2.38 bits per heavy atom. The molecule has 0 bridgehead atoms. The van der Waals surface area contributed by atoms with Crippen molar-refractivity contribution in [2.75, 3.05) is 6.61 Å². The van der Waals surface area contributed by atoms with Crippen molar-refractivity contribution >= 4 is 6.29 Å². The summed E-state index contributed by atoms with van der Waals surface area (Å²) in [4.78, 5) is 14.3. The molecule has 0 unspecified atom stereocenters. The molecule has 5 nitrogen and oxygen atoms in total. The first-order chi connectivity index (χ1) is 7.88. The van der Waals surface area contributed by atoms with Crippen LogP contribution in [0.1, 0.15) is 10.5 Å². The van der Waals surface area contributed by atoms with Gasteiger partial charge in [0.25, 0.3) is 0 Å². The van der Waals surface area contributed by atoms with Gasteiger partial charge in [-0.1, -0.05) is 0 Å². The first-order valence-electron chi connectivity index (χ1n) is 4.90. The smallest absolute Gasteiger partial charge is 0.168 e. The molecule has 0 atom stereocenters. The predicted molar refractivity (Wildman–Crippen MR) is 57.3 cm³/mol. The number of pyridine rings is 1. The lowest BCUT2D eigenvalue weighted by molar-refractivity contribution is 0.111. The van der Waals surface area contributed by atoms with Crippen molar-refractivity contribution in [1.82, 2.24) is 14.8 Å². The lowest BCUT2D eigenvalue weighted by atomic mass is 10.4. The van der Waals surface area contributed by atoms with Gasteiger partial charge in [0.1, 0.15) is 18.1 Å². The number of hydrogen-bond acceptors (Lipinski definition) is 4. The van der Waals surface area contributed by atoms with Gasteiger partial charge >= 0.3 is 0 Å². The third-order valence-corrected chi connectivity index (χ3v) is 2.03. The Kier molecular flexibility index (Phi) is 3.28. The zero-order chi connectivity index (χ0) is 11.2. The SMILES string of the molecule is O=Cc1ccc(OCCn2cccn2)cn1. The number of aldehydes is 1. The Labute approximate surface area is 92.7 Å². The van der Waals surface area contributed by atoms with Gasteiger partial charge in [-0.15, -0.1) is 0 Å². The standard InChI is InChI=1S/C11H11N3O2/c15-9-10-2-3-11(8-12-10)16-7-6-14-5-1-4-13-14/h1-5,8-9H,6-7H2. The van der Waals surface area contributed by atoms with Gasteiger partial charge in [0.15, 0.2) is 6.29 Å². The number of ether oxygens (including phenoxy) is 1. The zero-order valence-electron chi connectivity index (χ0n) is 8.61. The number of rotatable bonds is 5. The van der Waals surface area contributed by atoms with E-state index in [1.54, 1.807) is 23.0 Å². The third kappa shape index (κ3) is 2.66. The summed E-state index contributed by atoms with van der Waals surface area (Å²) < 4.78 is 7.22. The second kappa shape index (κ2) is 5.06. The Hall–Kier alpha value is -2.17. The van der Waals surface area contributed by atoms with Crippen molar-refractivity contribution in [3.8, 4) is 5.75 Å². The molecule has 0 aromatic carbocycles. The van der Waals surface area contributed by atoms with E-state index >= 15 is 0 Å². The van der Waals surface area contributed by atoms with Crippen molar-refractivity contribution in [2.45, 2.75) is 6.54 Å². The molecule has 0 aliphatic rings. The molecule has 5 heteroatoms. The van der Waals surface area contributed by atoms with Gasteiger partial charge in [-0.3, -0.25) is 9.48 Å². The first kappa shape index (κ1) is 10.4. The fraction of sp³-hybridized carbons (Fsp3) is 0.182. The molecule has 0 saturated heterocycles. The fourth-order valence-electron chi connectivity index (χ4n) is 1.24. The zero-order valence-corrected chi connectivity index (χ0v) is 8.61. The van der Waals surface area contributed by atoms with E-state index in [4.69, 9.17) is 4.74 Å². The lowest BCUT2D eigenvalue weighted by Gasteiger charge is -2.05. The number of nitrogens with zero attached hydrogens (tertiary/aromatic N) is 3. The van der Waals surface area contributed by atoms with Gasteiger partial charge < -0.3 is 4.74 Å². The molecule has 2 aromatic rings. The molecular weight excluding hydrogens is 206 g/mol. The van der Waals surface area contributed by atoms with E-state index in [1.165, 1.54) is 6.20 Å². The van der Waals surface area contributed by atoms with Crippen molar-refractivity contribution in [3.63, 3.8) is 0 Å². The van der Waals surface area contributed by atoms with Crippen LogP contribution in [-0.2, 0) is 6.54 Å². The predicted octanol–water partition coefficient (Wildman–Crippen LogP) is 1.17. The second-order valence-corrected chi connectivity index (χ2v) is 3.15. The highest BCUT2D eigenvalue weighted by atomic mass is 16.5. The van der Waals surface area contributed by atoms with E-state index < -0.39 is 0 Å². The van der Waals surface area contributed by atoms with Gasteiger partial charge in [0, 0.05) is 12.4 Å². The normalized spacial score (nSPS) is 10.0. The number of carbonyl (C=O) groups excluding carboxylic acids is 1. The topological polar surface area (TPSA) is 57.0 Å². The summed E-state index contributed by atoms with van der Waals surface area (Å²) in [5.74, 6) is 0.651. The fourth-order valence-corrected chi connectivity index (χ4v) is 1.24. The van der Waals surface area contributed by atoms with Gasteiger partial charge in [0.05, 0.1) is 12.7 Å². The van der Waals surface area contributed by atoms with E-state index in [0.717, 1.165) is 0 Å². The van der Waals surface area contributed by atoms with Crippen LogP contribution >= 0.6 is 0 Å². The Morgan fingerprint density at radius 3 is 3.00 bits per heavy atom. The molecule has 0 saturated carbocycles. The van der Waals surface area contributed by atoms with Crippen LogP contribution in [0.15, 0.2) is 36.8 Å². The number of carbonyl (C=O) groups is 1. The van der Waals surface area contributed by atoms with E-state index in [1.807, 2.05) is 12.3 Å². The average Bonchev–Trinajstić information content (AvgIpc) is 2.83. The monoisotopic (exact) mass is 217 g/mol. The van der Waals surface area contributed by atoms with Crippen molar-refractivity contribution in [3.05, 3.63) is 42.5 Å². The maximum Gasteiger partial charge on any atom is 0.168 e. The third-order valence-electron chi connectivity index (χ3n) is 2.03. The molecule has 82 valence electrons. The largest absolute Gasteiger partial charge is 0.490 e. The first-order valence-corrected chi connectivity index (χ1v) is 4.90. The van der Waals surface area contributed by atoms with Crippen molar-refractivity contribution in [2.24, 2.45) is 0 Å². The van der Waals surface area contributed by atoms with E-state index in [-0.39, 0.29) is 0 Å². The van der Waals surface area contributed by atoms with Crippen LogP contribution in [0, 0.1) is 0 Å². The Balaban J connectivity index is 1.83. The summed E-state index contributed by atoms with van der Waals surface area (Å²) in [5, 5.41) is 4.05.